The zero-order valence-electron chi connectivity index (χ0n) is 14.9. The maximum absolute atomic E-state index is 12.3. The van der Waals surface area contributed by atoms with Gasteiger partial charge < -0.3 is 20.2 Å². The number of carbonyl (C=O) groups excluding carboxylic acids is 1. The van der Waals surface area contributed by atoms with E-state index in [0.29, 0.717) is 12.1 Å². The predicted molar refractivity (Wildman–Crippen MR) is 101 cm³/mol. The summed E-state index contributed by atoms with van der Waals surface area (Å²) in [5, 5.41) is 14.5. The Balaban J connectivity index is 1.82. The van der Waals surface area contributed by atoms with Crippen molar-refractivity contribution in [2.45, 2.75) is 13.3 Å². The molecular weight excluding hydrogens is 348 g/mol. The highest BCUT2D eigenvalue weighted by Crippen LogP contribution is 2.25. The largest absolute Gasteiger partial charge is 0.466 e. The van der Waals surface area contributed by atoms with Crippen molar-refractivity contribution >= 4 is 23.3 Å². The van der Waals surface area contributed by atoms with Crippen LogP contribution in [0.3, 0.4) is 0 Å². The summed E-state index contributed by atoms with van der Waals surface area (Å²) in [6, 6.07) is 14.7. The molecule has 140 valence electrons. The molecule has 0 saturated heterocycles. The fraction of sp³-hybridized carbons (Fsp3) is 0.263. The fourth-order valence-corrected chi connectivity index (χ4v) is 2.89. The lowest BCUT2D eigenvalue weighted by Gasteiger charge is -2.16. The van der Waals surface area contributed by atoms with E-state index >= 15 is 0 Å². The maximum atomic E-state index is 12.3. The number of rotatable bonds is 8. The predicted octanol–water partition coefficient (Wildman–Crippen LogP) is 3.08. The number of ether oxygens (including phenoxy) is 1. The van der Waals surface area contributed by atoms with E-state index in [0.717, 1.165) is 5.56 Å². The van der Waals surface area contributed by atoms with Gasteiger partial charge in [0.05, 0.1) is 18.7 Å². The molecule has 27 heavy (non-hydrogen) atoms. The Kier molecular flexibility index (Phi) is 5.65. The molecule has 1 aromatic carbocycles. The van der Waals surface area contributed by atoms with Crippen molar-refractivity contribution < 1.29 is 14.5 Å². The summed E-state index contributed by atoms with van der Waals surface area (Å²) in [4.78, 5) is 27.6. The van der Waals surface area contributed by atoms with Crippen molar-refractivity contribution in [3.63, 3.8) is 0 Å². The minimum absolute atomic E-state index is 0.133. The number of esters is 1. The Morgan fingerprint density at radius 3 is 2.70 bits per heavy atom. The Hall–Kier alpha value is -3.42. The maximum Gasteiger partial charge on any atom is 0.372 e. The minimum atomic E-state index is -0.489. The Labute approximate surface area is 155 Å². The minimum Gasteiger partial charge on any atom is -0.466 e. The number of hydrogen-bond donors (Lipinski definition) is 1. The van der Waals surface area contributed by atoms with Crippen molar-refractivity contribution in [3.05, 3.63) is 70.4 Å². The van der Waals surface area contributed by atoms with Gasteiger partial charge in [-0.25, -0.2) is 0 Å². The van der Waals surface area contributed by atoms with E-state index < -0.39 is 10.8 Å². The van der Waals surface area contributed by atoms with Crippen molar-refractivity contribution in [2.24, 2.45) is 5.92 Å². The molecular formula is C19H20N4O4. The van der Waals surface area contributed by atoms with Gasteiger partial charge >= 0.3 is 11.8 Å². The first-order valence-electron chi connectivity index (χ1n) is 8.66. The number of imidazole rings is 1. The van der Waals surface area contributed by atoms with Crippen LogP contribution in [0.4, 0.5) is 11.6 Å². The van der Waals surface area contributed by atoms with Crippen molar-refractivity contribution in [2.75, 3.05) is 18.5 Å². The molecule has 0 saturated carbocycles. The molecule has 0 radical (unpaired) electrons. The fourth-order valence-electron chi connectivity index (χ4n) is 2.89. The molecule has 1 N–H and O–H groups in total. The summed E-state index contributed by atoms with van der Waals surface area (Å²) in [5.41, 5.74) is 1.45. The van der Waals surface area contributed by atoms with Gasteiger partial charge in [-0.3, -0.25) is 4.79 Å². The number of nitrogens with zero attached hydrogens (tertiary/aromatic N) is 3. The van der Waals surface area contributed by atoms with Crippen molar-refractivity contribution in [3.8, 4) is 0 Å². The zero-order valence-corrected chi connectivity index (χ0v) is 14.9. The first kappa shape index (κ1) is 18.4. The van der Waals surface area contributed by atoms with Gasteiger partial charge in [-0.1, -0.05) is 36.4 Å². The molecule has 0 aliphatic carbocycles. The van der Waals surface area contributed by atoms with E-state index in [1.165, 1.54) is 4.40 Å². The molecule has 2 aromatic heterocycles. The van der Waals surface area contributed by atoms with Crippen LogP contribution >= 0.6 is 0 Å². The highest BCUT2D eigenvalue weighted by Gasteiger charge is 2.25. The lowest BCUT2D eigenvalue weighted by Crippen LogP contribution is -2.27. The Morgan fingerprint density at radius 1 is 1.26 bits per heavy atom. The molecule has 3 rings (SSSR count). The molecule has 0 unspecified atom stereocenters. The zero-order chi connectivity index (χ0) is 19.2. The van der Waals surface area contributed by atoms with Crippen LogP contribution in [0.15, 0.2) is 54.7 Å². The number of nitrogens with one attached hydrogen (secondary N) is 1. The molecule has 0 aliphatic heterocycles. The van der Waals surface area contributed by atoms with E-state index in [1.807, 2.05) is 30.3 Å². The van der Waals surface area contributed by atoms with E-state index in [4.69, 9.17) is 4.74 Å². The molecule has 3 aromatic rings. The van der Waals surface area contributed by atoms with Gasteiger partial charge in [-0.15, -0.1) is 0 Å². The number of anilines is 1. The molecule has 0 aliphatic rings. The average Bonchev–Trinajstić information content (AvgIpc) is 3.04. The third-order valence-electron chi connectivity index (χ3n) is 4.14. The second-order valence-corrected chi connectivity index (χ2v) is 5.99. The van der Waals surface area contributed by atoms with E-state index in [-0.39, 0.29) is 30.8 Å². The third-order valence-corrected chi connectivity index (χ3v) is 4.14. The number of carbonyl (C=O) groups is 1. The molecule has 1 atom stereocenters. The lowest BCUT2D eigenvalue weighted by atomic mass is 9.99. The molecule has 8 heteroatoms. The topological polar surface area (TPSA) is 98.8 Å². The first-order valence-corrected chi connectivity index (χ1v) is 8.66. The van der Waals surface area contributed by atoms with Crippen LogP contribution in [0.25, 0.3) is 5.65 Å². The lowest BCUT2D eigenvalue weighted by molar-refractivity contribution is -0.389. The van der Waals surface area contributed by atoms with Crippen LogP contribution in [0.5, 0.6) is 0 Å². The molecule has 0 fully saturated rings. The highest BCUT2D eigenvalue weighted by atomic mass is 16.6. The van der Waals surface area contributed by atoms with E-state index in [1.54, 1.807) is 31.3 Å². The summed E-state index contributed by atoms with van der Waals surface area (Å²) in [6.07, 6.45) is 2.05. The molecule has 0 amide bonds. The summed E-state index contributed by atoms with van der Waals surface area (Å²) in [6.45, 7) is 2.20. The van der Waals surface area contributed by atoms with Crippen LogP contribution < -0.4 is 5.32 Å². The van der Waals surface area contributed by atoms with Crippen LogP contribution in [-0.4, -0.2) is 33.4 Å². The second-order valence-electron chi connectivity index (χ2n) is 5.99. The summed E-state index contributed by atoms with van der Waals surface area (Å²) < 4.78 is 6.56. The van der Waals surface area contributed by atoms with Gasteiger partial charge in [0.15, 0.2) is 0 Å². The van der Waals surface area contributed by atoms with Crippen molar-refractivity contribution in [1.29, 1.82) is 0 Å². The van der Waals surface area contributed by atoms with Gasteiger partial charge in [0.25, 0.3) is 0 Å². The van der Waals surface area contributed by atoms with Gasteiger partial charge in [0, 0.05) is 12.6 Å². The summed E-state index contributed by atoms with van der Waals surface area (Å²) >= 11 is 0. The Bertz CT molecular complexity index is 939. The molecule has 0 bridgehead atoms. The number of aromatic nitrogens is 2. The van der Waals surface area contributed by atoms with Gasteiger partial charge in [0.2, 0.25) is 11.5 Å². The number of hydrogen-bond acceptors (Lipinski definition) is 6. The smallest absolute Gasteiger partial charge is 0.372 e. The van der Waals surface area contributed by atoms with Crippen molar-refractivity contribution in [1.82, 2.24) is 9.38 Å². The molecule has 8 nitrogen and oxygen atoms in total. The van der Waals surface area contributed by atoms with Gasteiger partial charge in [-0.05, 0) is 29.9 Å². The quantitative estimate of drug-likeness (QED) is 0.373. The standard InChI is InChI=1S/C19H20N4O4/c1-2-27-19(24)15(12-14-8-4-3-5-9-14)13-20-17-18(23(25)26)22-11-7-6-10-16(22)21-17/h3-11,15,20H,2,12-13H2,1H3/t15-/m1/s1. The Morgan fingerprint density at radius 2 is 2.00 bits per heavy atom. The van der Waals surface area contributed by atoms with Gasteiger partial charge in [0.1, 0.15) is 0 Å². The van der Waals surface area contributed by atoms with E-state index in [9.17, 15) is 14.9 Å². The molecule has 2 heterocycles. The van der Waals surface area contributed by atoms with E-state index in [2.05, 4.69) is 10.3 Å². The monoisotopic (exact) mass is 368 g/mol. The van der Waals surface area contributed by atoms with Crippen LogP contribution in [0.2, 0.25) is 0 Å². The normalized spacial score (nSPS) is 11.9. The average molecular weight is 368 g/mol. The first-order chi connectivity index (χ1) is 13.1. The number of pyridine rings is 1. The van der Waals surface area contributed by atoms with Gasteiger partial charge in [-0.2, -0.15) is 9.38 Å². The van der Waals surface area contributed by atoms with Crippen LogP contribution in [0, 0.1) is 16.0 Å². The van der Waals surface area contributed by atoms with Crippen LogP contribution in [0.1, 0.15) is 12.5 Å². The summed E-state index contributed by atoms with van der Waals surface area (Å²) in [7, 11) is 0. The number of fused-ring (bicyclic) bond motifs is 1. The SMILES string of the molecule is CCOC(=O)[C@@H](CNc1nc2ccccn2c1[N+](=O)[O-])Cc1ccccc1. The van der Waals surface area contributed by atoms with Crippen LogP contribution in [-0.2, 0) is 16.0 Å². The number of nitro groups is 1. The third kappa shape index (κ3) is 4.22. The highest BCUT2D eigenvalue weighted by molar-refractivity contribution is 5.74. The molecule has 0 spiro atoms. The second kappa shape index (κ2) is 8.31. The summed E-state index contributed by atoms with van der Waals surface area (Å²) in [5.74, 6) is -0.862. The number of benzene rings is 1.